The Hall–Kier alpha value is -0.900. The first kappa shape index (κ1) is 20.4. The van der Waals surface area contributed by atoms with Gasteiger partial charge in [0.05, 0.1) is 5.71 Å². The molecule has 0 aromatic heterocycles. The molecular formula is C24H40N2O2. The molecule has 1 N–H and O–H groups in total. The van der Waals surface area contributed by atoms with E-state index in [0.29, 0.717) is 23.7 Å². The van der Waals surface area contributed by atoms with Gasteiger partial charge in [-0.05, 0) is 100.0 Å². The van der Waals surface area contributed by atoms with Gasteiger partial charge in [-0.25, -0.2) is 0 Å². The number of nitrogens with zero attached hydrogens (tertiary/aromatic N) is 1. The van der Waals surface area contributed by atoms with Gasteiger partial charge in [0.25, 0.3) is 0 Å². The lowest BCUT2D eigenvalue weighted by Gasteiger charge is -2.61. The highest BCUT2D eigenvalue weighted by Gasteiger charge is 2.61. The minimum atomic E-state index is -0.0128. The highest BCUT2D eigenvalue weighted by Crippen LogP contribution is 2.66. The summed E-state index contributed by atoms with van der Waals surface area (Å²) in [6.07, 6.45) is 10.1. The second kappa shape index (κ2) is 7.74. The zero-order valence-electron chi connectivity index (χ0n) is 18.4. The van der Waals surface area contributed by atoms with Crippen LogP contribution in [0.2, 0.25) is 0 Å². The van der Waals surface area contributed by atoms with Gasteiger partial charge in [0, 0.05) is 11.8 Å². The van der Waals surface area contributed by atoms with Crippen molar-refractivity contribution >= 4 is 11.5 Å². The van der Waals surface area contributed by atoms with E-state index in [4.69, 9.17) is 4.84 Å². The fourth-order valence-electron chi connectivity index (χ4n) is 7.75. The van der Waals surface area contributed by atoms with E-state index in [1.807, 2.05) is 7.05 Å². The van der Waals surface area contributed by atoms with Gasteiger partial charge in [0.1, 0.15) is 12.4 Å². The Morgan fingerprint density at radius 3 is 2.79 bits per heavy atom. The van der Waals surface area contributed by atoms with Crippen LogP contribution in [0.25, 0.3) is 0 Å². The number of fused-ring (bicyclic) bond motifs is 5. The van der Waals surface area contributed by atoms with Crippen molar-refractivity contribution in [1.82, 2.24) is 5.32 Å². The topological polar surface area (TPSA) is 50.7 Å². The Balaban J connectivity index is 1.47. The molecule has 158 valence electrons. The van der Waals surface area contributed by atoms with E-state index in [0.717, 1.165) is 68.7 Å². The van der Waals surface area contributed by atoms with Crippen LogP contribution in [0.4, 0.5) is 0 Å². The second-order valence-corrected chi connectivity index (χ2v) is 10.8. The van der Waals surface area contributed by atoms with Gasteiger partial charge >= 0.3 is 0 Å². The van der Waals surface area contributed by atoms with Crippen LogP contribution in [0, 0.1) is 40.4 Å². The highest BCUT2D eigenvalue weighted by atomic mass is 16.6. The number of carbonyl (C=O) groups is 1. The van der Waals surface area contributed by atoms with Crippen molar-refractivity contribution in [2.45, 2.75) is 78.6 Å². The minimum Gasteiger partial charge on any atom is -0.396 e. The first-order valence-corrected chi connectivity index (χ1v) is 11.8. The summed E-state index contributed by atoms with van der Waals surface area (Å²) in [5.41, 5.74) is 1.70. The quantitative estimate of drug-likeness (QED) is 0.542. The fourth-order valence-corrected chi connectivity index (χ4v) is 7.75. The Labute approximate surface area is 171 Å². The third kappa shape index (κ3) is 3.24. The molecule has 0 bridgehead atoms. The summed E-state index contributed by atoms with van der Waals surface area (Å²) in [6, 6.07) is 0. The van der Waals surface area contributed by atoms with Crippen LogP contribution in [0.15, 0.2) is 5.16 Å². The SMILES string of the molecule is CNCCCON=C1CC[C@@]2(C)C(C1)CC(C)[C@@H]1[C@H]2CC[C@]2(C)C(=O)CC[C@@H]12. The molecule has 28 heavy (non-hydrogen) atoms. The summed E-state index contributed by atoms with van der Waals surface area (Å²) in [6.45, 7) is 9.04. The molecule has 0 aliphatic heterocycles. The number of hydrogen-bond donors (Lipinski definition) is 1. The zero-order chi connectivity index (χ0) is 19.9. The Morgan fingerprint density at radius 1 is 1.18 bits per heavy atom. The van der Waals surface area contributed by atoms with Crippen molar-refractivity contribution in [1.29, 1.82) is 0 Å². The van der Waals surface area contributed by atoms with E-state index in [9.17, 15) is 4.79 Å². The number of oxime groups is 1. The molecule has 4 aliphatic rings. The standard InChI is InChI=1S/C24H40N2O2/c1-16-14-17-15-18(26-28-13-5-12-25-4)8-10-23(17,2)20-9-11-24(3)19(22(16)20)6-7-21(24)27/h16-17,19-20,22,25H,5-15H2,1-4H3/t16?,17?,19-,20+,22-,23-,24-/m0/s1. The van der Waals surface area contributed by atoms with E-state index >= 15 is 0 Å². The van der Waals surface area contributed by atoms with Crippen molar-refractivity contribution in [3.63, 3.8) is 0 Å². The maximum absolute atomic E-state index is 12.6. The van der Waals surface area contributed by atoms with Crippen LogP contribution in [0.5, 0.6) is 0 Å². The van der Waals surface area contributed by atoms with Gasteiger partial charge in [-0.15, -0.1) is 0 Å². The Kier molecular flexibility index (Phi) is 5.63. The first-order chi connectivity index (χ1) is 13.4. The van der Waals surface area contributed by atoms with Crippen LogP contribution in [-0.4, -0.2) is 31.7 Å². The molecule has 2 unspecified atom stereocenters. The molecule has 4 nitrogen and oxygen atoms in total. The van der Waals surface area contributed by atoms with Crippen LogP contribution in [-0.2, 0) is 9.63 Å². The summed E-state index contributed by atoms with van der Waals surface area (Å²) in [5, 5.41) is 7.68. The molecule has 7 atom stereocenters. The molecule has 4 aliphatic carbocycles. The average molecular weight is 389 g/mol. The third-order valence-electron chi connectivity index (χ3n) is 9.43. The van der Waals surface area contributed by atoms with Gasteiger partial charge in [-0.1, -0.05) is 25.9 Å². The molecule has 4 fully saturated rings. The maximum atomic E-state index is 12.6. The van der Waals surface area contributed by atoms with Crippen molar-refractivity contribution in [2.75, 3.05) is 20.2 Å². The number of Topliss-reactive ketones (excluding diaryl/α,β-unsaturated/α-hetero) is 1. The normalized spacial score (nSPS) is 46.8. The van der Waals surface area contributed by atoms with Crippen LogP contribution in [0.1, 0.15) is 78.6 Å². The maximum Gasteiger partial charge on any atom is 0.139 e. The van der Waals surface area contributed by atoms with Gasteiger partial charge in [-0.2, -0.15) is 0 Å². The van der Waals surface area contributed by atoms with Gasteiger partial charge in [-0.3, -0.25) is 4.79 Å². The zero-order valence-corrected chi connectivity index (χ0v) is 18.4. The molecule has 0 aromatic rings. The van der Waals surface area contributed by atoms with Crippen molar-refractivity contribution < 1.29 is 9.63 Å². The molecule has 4 rings (SSSR count). The van der Waals surface area contributed by atoms with Gasteiger partial charge in [0.2, 0.25) is 0 Å². The second-order valence-electron chi connectivity index (χ2n) is 10.8. The molecule has 4 heteroatoms. The van der Waals surface area contributed by atoms with Crippen molar-refractivity contribution in [3.8, 4) is 0 Å². The lowest BCUT2D eigenvalue weighted by molar-refractivity contribution is -0.143. The third-order valence-corrected chi connectivity index (χ3v) is 9.43. The molecule has 4 saturated carbocycles. The number of nitrogens with one attached hydrogen (secondary N) is 1. The molecular weight excluding hydrogens is 348 g/mol. The lowest BCUT2D eigenvalue weighted by atomic mass is 9.43. The minimum absolute atomic E-state index is 0.0128. The van der Waals surface area contributed by atoms with Crippen LogP contribution in [0.3, 0.4) is 0 Å². The lowest BCUT2D eigenvalue weighted by Crippen LogP contribution is -2.56. The van der Waals surface area contributed by atoms with E-state index in [1.165, 1.54) is 25.0 Å². The number of ketones is 1. The summed E-state index contributed by atoms with van der Waals surface area (Å²) in [4.78, 5) is 18.3. The van der Waals surface area contributed by atoms with Crippen molar-refractivity contribution in [2.24, 2.45) is 45.6 Å². The van der Waals surface area contributed by atoms with Gasteiger partial charge < -0.3 is 10.2 Å². The molecule has 0 radical (unpaired) electrons. The monoisotopic (exact) mass is 388 g/mol. The summed E-state index contributed by atoms with van der Waals surface area (Å²) < 4.78 is 0. The summed E-state index contributed by atoms with van der Waals surface area (Å²) in [7, 11) is 1.97. The molecule has 0 spiro atoms. The van der Waals surface area contributed by atoms with Crippen LogP contribution < -0.4 is 5.32 Å². The molecule has 0 amide bonds. The summed E-state index contributed by atoms with van der Waals surface area (Å²) >= 11 is 0. The van der Waals surface area contributed by atoms with Gasteiger partial charge in [0.15, 0.2) is 0 Å². The fraction of sp³-hybridized carbons (Fsp3) is 0.917. The van der Waals surface area contributed by atoms with E-state index in [2.05, 4.69) is 31.2 Å². The summed E-state index contributed by atoms with van der Waals surface area (Å²) in [5.74, 6) is 4.21. The average Bonchev–Trinajstić information content (AvgIpc) is 2.97. The predicted molar refractivity (Wildman–Crippen MR) is 113 cm³/mol. The van der Waals surface area contributed by atoms with E-state index in [-0.39, 0.29) is 5.41 Å². The predicted octanol–water partition coefficient (Wildman–Crippen LogP) is 4.83. The van der Waals surface area contributed by atoms with E-state index < -0.39 is 0 Å². The van der Waals surface area contributed by atoms with E-state index in [1.54, 1.807) is 0 Å². The molecule has 0 heterocycles. The highest BCUT2D eigenvalue weighted by molar-refractivity contribution is 5.87. The molecule has 0 aromatic carbocycles. The first-order valence-electron chi connectivity index (χ1n) is 11.8. The Bertz CT molecular complexity index is 632. The number of hydrogen-bond acceptors (Lipinski definition) is 4. The van der Waals surface area contributed by atoms with Crippen molar-refractivity contribution in [3.05, 3.63) is 0 Å². The smallest absolute Gasteiger partial charge is 0.139 e. The number of rotatable bonds is 5. The molecule has 0 saturated heterocycles. The Morgan fingerprint density at radius 2 is 2.00 bits per heavy atom. The largest absolute Gasteiger partial charge is 0.396 e. The van der Waals surface area contributed by atoms with Crippen LogP contribution >= 0.6 is 0 Å². The number of carbonyl (C=O) groups excluding carboxylic acids is 1.